The van der Waals surface area contributed by atoms with Crippen LogP contribution in [0.15, 0.2) is 97.6 Å². The third-order valence-corrected chi connectivity index (χ3v) is 10.6. The van der Waals surface area contributed by atoms with Crippen molar-refractivity contribution in [3.8, 4) is 46.3 Å². The van der Waals surface area contributed by atoms with Gasteiger partial charge >= 0.3 is 5.97 Å². The number of halogens is 2. The van der Waals surface area contributed by atoms with Gasteiger partial charge in [-0.15, -0.1) is 0 Å². The molecule has 6 rings (SSSR count). The maximum Gasteiger partial charge on any atom is 0.323 e. The van der Waals surface area contributed by atoms with E-state index in [4.69, 9.17) is 42.1 Å². The van der Waals surface area contributed by atoms with Crippen molar-refractivity contribution in [1.82, 2.24) is 15.3 Å². The van der Waals surface area contributed by atoms with Gasteiger partial charge in [0.25, 0.3) is 0 Å². The molecule has 62 heavy (non-hydrogen) atoms. The van der Waals surface area contributed by atoms with Crippen LogP contribution in [-0.2, 0) is 44.4 Å². The number of aliphatic carboxylic acids is 1. The van der Waals surface area contributed by atoms with E-state index in [9.17, 15) is 30.6 Å². The Morgan fingerprint density at radius 2 is 1.13 bits per heavy atom. The maximum absolute atomic E-state index is 11.6. The molecule has 2 heterocycles. The Hall–Kier alpha value is -6.71. The lowest BCUT2D eigenvalue weighted by Gasteiger charge is -2.19. The summed E-state index contributed by atoms with van der Waals surface area (Å²) in [4.78, 5) is 19.7. The highest BCUT2D eigenvalue weighted by Gasteiger charge is 2.19. The van der Waals surface area contributed by atoms with Crippen LogP contribution in [0.4, 0.5) is 0 Å². The predicted octanol–water partition coefficient (Wildman–Crippen LogP) is 8.15. The van der Waals surface area contributed by atoms with Gasteiger partial charge in [-0.1, -0.05) is 59.6 Å². The Morgan fingerprint density at radius 1 is 0.661 bits per heavy atom. The Bertz CT molecular complexity index is 2660. The summed E-state index contributed by atoms with van der Waals surface area (Å²) < 4.78 is 24.7. The first-order chi connectivity index (χ1) is 30.0. The molecule has 0 aliphatic carbocycles. The molecule has 13 nitrogen and oxygen atoms in total. The Balaban J connectivity index is 1.18. The second-order valence-electron chi connectivity index (χ2n) is 14.1. The monoisotopic (exact) mass is 873 g/mol. The zero-order valence-corrected chi connectivity index (χ0v) is 35.2. The summed E-state index contributed by atoms with van der Waals surface area (Å²) in [7, 11) is 0. The number of nitrogens with one attached hydrogen (secondary N) is 1. The first kappa shape index (κ1) is 44.8. The molecule has 15 heteroatoms. The molecule has 1 atom stereocenters. The minimum atomic E-state index is -1.21. The Morgan fingerprint density at radius 3 is 1.58 bits per heavy atom. The number of carboxylic acids is 1. The highest BCUT2D eigenvalue weighted by atomic mass is 35.5. The van der Waals surface area contributed by atoms with Gasteiger partial charge in [-0.3, -0.25) is 20.1 Å². The summed E-state index contributed by atoms with van der Waals surface area (Å²) in [5.41, 5.74) is 8.91. The van der Waals surface area contributed by atoms with Crippen molar-refractivity contribution in [2.75, 3.05) is 6.61 Å². The number of rotatable bonds is 19. The lowest BCUT2D eigenvalue weighted by molar-refractivity contribution is -0.140. The van der Waals surface area contributed by atoms with E-state index >= 15 is 0 Å². The zero-order valence-electron chi connectivity index (χ0n) is 33.7. The lowest BCUT2D eigenvalue weighted by Crippen LogP contribution is -2.39. The van der Waals surface area contributed by atoms with Crippen LogP contribution < -0.4 is 24.3 Å². The molecule has 4 N–H and O–H groups in total. The van der Waals surface area contributed by atoms with Crippen LogP contribution in [-0.4, -0.2) is 43.9 Å². The molecule has 316 valence electrons. The van der Waals surface area contributed by atoms with Crippen LogP contribution in [0.2, 0.25) is 10.0 Å². The normalized spacial score (nSPS) is 11.3. The molecule has 2 aromatic heterocycles. The topological polar surface area (TPSA) is 200 Å². The first-order valence-electron chi connectivity index (χ1n) is 19.2. The minimum absolute atomic E-state index is 0.0188. The summed E-state index contributed by atoms with van der Waals surface area (Å²) in [6.45, 7) is 3.67. The van der Waals surface area contributed by atoms with E-state index in [1.165, 1.54) is 12.4 Å². The molecule has 4 aromatic carbocycles. The minimum Gasteiger partial charge on any atom is -0.488 e. The number of benzene rings is 4. The fourth-order valence-electron chi connectivity index (χ4n) is 6.52. The Labute approximate surface area is 368 Å². The molecule has 0 aliphatic rings. The molecule has 0 unspecified atom stereocenters. The van der Waals surface area contributed by atoms with Crippen molar-refractivity contribution in [2.24, 2.45) is 0 Å². The highest BCUT2D eigenvalue weighted by molar-refractivity contribution is 6.32. The van der Waals surface area contributed by atoms with Gasteiger partial charge in [0.15, 0.2) is 0 Å². The van der Waals surface area contributed by atoms with Crippen LogP contribution in [0.1, 0.15) is 55.6 Å². The highest BCUT2D eigenvalue weighted by Crippen LogP contribution is 2.37. The van der Waals surface area contributed by atoms with Crippen molar-refractivity contribution in [2.45, 2.75) is 59.5 Å². The van der Waals surface area contributed by atoms with E-state index in [0.29, 0.717) is 61.4 Å². The zero-order chi connectivity index (χ0) is 44.2. The molecule has 0 amide bonds. The number of hydrogen-bond donors (Lipinski definition) is 4. The number of aliphatic hydroxyl groups is 2. The summed E-state index contributed by atoms with van der Waals surface area (Å²) in [5.74, 6) is 0.240. The second-order valence-corrected chi connectivity index (χ2v) is 14.9. The van der Waals surface area contributed by atoms with E-state index < -0.39 is 18.6 Å². The molecule has 0 bridgehead atoms. The van der Waals surface area contributed by atoms with Gasteiger partial charge < -0.3 is 34.3 Å². The lowest BCUT2D eigenvalue weighted by atomic mass is 9.92. The fourth-order valence-corrected chi connectivity index (χ4v) is 7.00. The molecule has 0 aliphatic heterocycles. The van der Waals surface area contributed by atoms with Crippen LogP contribution >= 0.6 is 23.2 Å². The summed E-state index contributed by atoms with van der Waals surface area (Å²) in [6, 6.07) is 24.7. The van der Waals surface area contributed by atoms with Crippen LogP contribution in [0.3, 0.4) is 0 Å². The number of carbonyl (C=O) groups is 1. The average Bonchev–Trinajstić information content (AvgIpc) is 3.28. The van der Waals surface area contributed by atoms with Gasteiger partial charge in [0, 0.05) is 65.7 Å². The molecule has 0 saturated heterocycles. The van der Waals surface area contributed by atoms with Gasteiger partial charge in [0.05, 0.1) is 34.4 Å². The number of carboxylic acid groups (broad SMARTS) is 1. The van der Waals surface area contributed by atoms with Gasteiger partial charge in [-0.05, 0) is 71.5 Å². The molecule has 0 spiro atoms. The standard InChI is InChI=1S/C47H41Cl2N5O8/c1-28-34(26-61-45-13-43(59-24-32-9-30(15-50)17-52-19-32)36(11-40(45)48)21-54-42(23-56)47(57)58)5-3-7-38(28)39-8-4-6-35(29(39)2)27-62-46-14-44(37(22-55)12-41(46)49)60-25-33-10-31(16-51)18-53-20-33/h3-14,17-20,42,54-56H,21-27H2,1-2H3,(H,57,58)/t42-/m1/s1. The van der Waals surface area contributed by atoms with Crippen molar-refractivity contribution >= 4 is 29.2 Å². The van der Waals surface area contributed by atoms with E-state index in [2.05, 4.69) is 27.4 Å². The maximum atomic E-state index is 11.6. The van der Waals surface area contributed by atoms with E-state index in [0.717, 1.165) is 33.4 Å². The SMILES string of the molecule is Cc1c(COc2cc(OCc3cncc(C#N)c3)c(CO)cc2Cl)cccc1-c1cccc(COc2cc(OCc3cncc(C#N)c3)c(CN[C@H](CO)C(=O)O)cc2Cl)c1C. The van der Waals surface area contributed by atoms with Gasteiger partial charge in [0.1, 0.15) is 67.6 Å². The van der Waals surface area contributed by atoms with E-state index in [-0.39, 0.29) is 44.6 Å². The van der Waals surface area contributed by atoms with Crippen LogP contribution in [0.5, 0.6) is 23.0 Å². The van der Waals surface area contributed by atoms with Crippen molar-refractivity contribution in [3.05, 3.63) is 163 Å². The van der Waals surface area contributed by atoms with Crippen molar-refractivity contribution < 1.29 is 39.1 Å². The predicted molar refractivity (Wildman–Crippen MR) is 231 cm³/mol. The van der Waals surface area contributed by atoms with E-state index in [1.54, 1.807) is 48.8 Å². The first-order valence-corrected chi connectivity index (χ1v) is 20.0. The molecular weight excluding hydrogens is 833 g/mol. The molecule has 6 aromatic rings. The third kappa shape index (κ3) is 11.2. The number of aromatic nitrogens is 2. The van der Waals surface area contributed by atoms with Gasteiger partial charge in [0.2, 0.25) is 0 Å². The number of aliphatic hydroxyl groups excluding tert-OH is 2. The van der Waals surface area contributed by atoms with E-state index in [1.807, 2.05) is 50.2 Å². The smallest absolute Gasteiger partial charge is 0.323 e. The average molecular weight is 875 g/mol. The molecular formula is C47H41Cl2N5O8. The second kappa shape index (κ2) is 21.2. The molecule has 0 saturated carbocycles. The van der Waals surface area contributed by atoms with Crippen molar-refractivity contribution in [3.63, 3.8) is 0 Å². The molecule has 0 radical (unpaired) electrons. The summed E-state index contributed by atoms with van der Waals surface area (Å²) >= 11 is 13.3. The summed E-state index contributed by atoms with van der Waals surface area (Å²) in [6.07, 6.45) is 6.10. The number of nitriles is 2. The van der Waals surface area contributed by atoms with Gasteiger partial charge in [-0.25, -0.2) is 0 Å². The van der Waals surface area contributed by atoms with Crippen LogP contribution in [0.25, 0.3) is 11.1 Å². The third-order valence-electron chi connectivity index (χ3n) is 10.0. The number of hydrogen-bond acceptors (Lipinski definition) is 12. The van der Waals surface area contributed by atoms with Gasteiger partial charge in [-0.2, -0.15) is 10.5 Å². The number of pyridine rings is 2. The van der Waals surface area contributed by atoms with Crippen molar-refractivity contribution in [1.29, 1.82) is 10.5 Å². The number of nitrogens with zero attached hydrogens (tertiary/aromatic N) is 4. The quantitative estimate of drug-likeness (QED) is 0.0608. The summed E-state index contributed by atoms with van der Waals surface area (Å²) in [5, 5.41) is 50.9. The largest absolute Gasteiger partial charge is 0.488 e. The Kier molecular flexibility index (Phi) is 15.3. The van der Waals surface area contributed by atoms with Crippen LogP contribution in [0, 0.1) is 36.5 Å². The fraction of sp³-hybridized carbons (Fsp3) is 0.213. The number of ether oxygens (including phenoxy) is 4. The molecule has 0 fully saturated rings.